The monoisotopic (exact) mass is 253 g/mol. The first-order chi connectivity index (χ1) is 8.54. The van der Waals surface area contributed by atoms with Gasteiger partial charge in [0.05, 0.1) is 18.1 Å². The Labute approximate surface area is 104 Å². The first-order valence-corrected chi connectivity index (χ1v) is 5.37. The fourth-order valence-electron chi connectivity index (χ4n) is 1.42. The minimum Gasteiger partial charge on any atom is -0.395 e. The lowest BCUT2D eigenvalue weighted by Crippen LogP contribution is -2.32. The number of amides is 1. The Bertz CT molecular complexity index is 436. The number of para-hydroxylation sites is 2. The van der Waals surface area contributed by atoms with E-state index in [1.165, 1.54) is 18.2 Å². The molecule has 1 amide bonds. The predicted octanol–water partition coefficient (Wildman–Crippen LogP) is 0.457. The Balaban J connectivity index is 2.67. The number of anilines is 1. The molecular weight excluding hydrogens is 238 g/mol. The first-order valence-electron chi connectivity index (χ1n) is 5.37. The summed E-state index contributed by atoms with van der Waals surface area (Å²) in [6, 6.07) is 5.95. The molecule has 2 N–H and O–H groups in total. The number of nitro groups is 1. The zero-order chi connectivity index (χ0) is 13.5. The Hall–Kier alpha value is -1.99. The lowest BCUT2D eigenvalue weighted by Gasteiger charge is -2.14. The van der Waals surface area contributed by atoms with Gasteiger partial charge in [-0.1, -0.05) is 12.1 Å². The van der Waals surface area contributed by atoms with Crippen molar-refractivity contribution in [2.24, 2.45) is 0 Å². The summed E-state index contributed by atoms with van der Waals surface area (Å²) < 4.78 is 0. The van der Waals surface area contributed by atoms with Crippen molar-refractivity contribution in [1.29, 1.82) is 0 Å². The average Bonchev–Trinajstić information content (AvgIpc) is 2.29. The van der Waals surface area contributed by atoms with Gasteiger partial charge in [-0.25, -0.2) is 0 Å². The number of rotatable bonds is 6. The molecule has 7 heteroatoms. The van der Waals surface area contributed by atoms with Gasteiger partial charge in [-0.05, 0) is 13.1 Å². The second kappa shape index (κ2) is 6.67. The molecule has 0 aliphatic carbocycles. The van der Waals surface area contributed by atoms with Crippen LogP contribution >= 0.6 is 0 Å². The van der Waals surface area contributed by atoms with E-state index in [0.717, 1.165) is 0 Å². The first kappa shape index (κ1) is 14.1. The molecule has 1 rings (SSSR count). The molecule has 0 bridgehead atoms. The number of nitrogens with one attached hydrogen (secondary N) is 1. The van der Waals surface area contributed by atoms with Gasteiger partial charge < -0.3 is 10.4 Å². The van der Waals surface area contributed by atoms with Crippen LogP contribution in [0.1, 0.15) is 0 Å². The van der Waals surface area contributed by atoms with E-state index in [2.05, 4.69) is 5.32 Å². The summed E-state index contributed by atoms with van der Waals surface area (Å²) >= 11 is 0. The highest BCUT2D eigenvalue weighted by Crippen LogP contribution is 2.22. The van der Waals surface area contributed by atoms with Gasteiger partial charge >= 0.3 is 0 Å². The molecule has 0 heterocycles. The lowest BCUT2D eigenvalue weighted by atomic mass is 10.2. The molecular formula is C11H15N3O4. The van der Waals surface area contributed by atoms with E-state index < -0.39 is 4.92 Å². The average molecular weight is 253 g/mol. The lowest BCUT2D eigenvalue weighted by molar-refractivity contribution is -0.383. The third-order valence-corrected chi connectivity index (χ3v) is 2.27. The number of aliphatic hydroxyl groups is 1. The molecule has 0 saturated carbocycles. The van der Waals surface area contributed by atoms with Crippen LogP contribution in [0.5, 0.6) is 0 Å². The smallest absolute Gasteiger partial charge is 0.292 e. The standard InChI is InChI=1S/C11H15N3O4/c1-13(6-7-15)8-11(16)12-9-4-2-3-5-10(9)14(17)18/h2-5,15H,6-8H2,1H3,(H,12,16). The van der Waals surface area contributed by atoms with Gasteiger partial charge in [0, 0.05) is 12.6 Å². The van der Waals surface area contributed by atoms with Crippen LogP contribution in [0, 0.1) is 10.1 Å². The van der Waals surface area contributed by atoms with Gasteiger partial charge in [-0.15, -0.1) is 0 Å². The number of nitro benzene ring substituents is 1. The summed E-state index contributed by atoms with van der Waals surface area (Å²) in [6.07, 6.45) is 0. The number of likely N-dealkylation sites (N-methyl/N-ethyl adjacent to an activating group) is 1. The topological polar surface area (TPSA) is 95.7 Å². The summed E-state index contributed by atoms with van der Waals surface area (Å²) in [5, 5.41) is 21.9. The van der Waals surface area contributed by atoms with E-state index in [9.17, 15) is 14.9 Å². The largest absolute Gasteiger partial charge is 0.395 e. The van der Waals surface area contributed by atoms with Crippen molar-refractivity contribution >= 4 is 17.3 Å². The fraction of sp³-hybridized carbons (Fsp3) is 0.364. The van der Waals surface area contributed by atoms with Crippen LogP contribution in [0.4, 0.5) is 11.4 Å². The summed E-state index contributed by atoms with van der Waals surface area (Å²) in [5.74, 6) is -0.361. The van der Waals surface area contributed by atoms with Crippen LogP contribution in [-0.4, -0.2) is 47.6 Å². The van der Waals surface area contributed by atoms with Gasteiger partial charge in [0.25, 0.3) is 5.69 Å². The third kappa shape index (κ3) is 4.11. The zero-order valence-corrected chi connectivity index (χ0v) is 10.00. The zero-order valence-electron chi connectivity index (χ0n) is 10.00. The van der Waals surface area contributed by atoms with Crippen molar-refractivity contribution in [1.82, 2.24) is 4.90 Å². The highest BCUT2D eigenvalue weighted by Gasteiger charge is 2.15. The summed E-state index contributed by atoms with van der Waals surface area (Å²) in [7, 11) is 1.68. The van der Waals surface area contributed by atoms with Crippen molar-refractivity contribution in [3.63, 3.8) is 0 Å². The second-order valence-corrected chi connectivity index (χ2v) is 3.78. The number of nitrogens with zero attached hydrogens (tertiary/aromatic N) is 2. The molecule has 0 atom stereocenters. The van der Waals surface area contributed by atoms with Crippen molar-refractivity contribution in [2.45, 2.75) is 0 Å². The number of carbonyl (C=O) groups excluding carboxylic acids is 1. The Kier molecular flexibility index (Phi) is 5.22. The van der Waals surface area contributed by atoms with Crippen LogP contribution in [-0.2, 0) is 4.79 Å². The second-order valence-electron chi connectivity index (χ2n) is 3.78. The Morgan fingerprint density at radius 3 is 2.78 bits per heavy atom. The van der Waals surface area contributed by atoms with Crippen LogP contribution in [0.15, 0.2) is 24.3 Å². The number of hydrogen-bond acceptors (Lipinski definition) is 5. The third-order valence-electron chi connectivity index (χ3n) is 2.27. The number of hydrogen-bond donors (Lipinski definition) is 2. The Morgan fingerprint density at radius 1 is 1.50 bits per heavy atom. The van der Waals surface area contributed by atoms with E-state index in [1.54, 1.807) is 18.0 Å². The van der Waals surface area contributed by atoms with Gasteiger partial charge in [0.2, 0.25) is 5.91 Å². The number of carbonyl (C=O) groups is 1. The van der Waals surface area contributed by atoms with Gasteiger partial charge in [-0.2, -0.15) is 0 Å². The van der Waals surface area contributed by atoms with Crippen LogP contribution in [0.3, 0.4) is 0 Å². The molecule has 98 valence electrons. The van der Waals surface area contributed by atoms with E-state index in [1.807, 2.05) is 0 Å². The summed E-state index contributed by atoms with van der Waals surface area (Å²) in [5.41, 5.74) is 0.0283. The number of aliphatic hydroxyl groups excluding tert-OH is 1. The molecule has 7 nitrogen and oxygen atoms in total. The molecule has 0 radical (unpaired) electrons. The maximum atomic E-state index is 11.6. The molecule has 1 aromatic carbocycles. The van der Waals surface area contributed by atoms with Gasteiger partial charge in [0.15, 0.2) is 0 Å². The molecule has 0 aliphatic rings. The maximum Gasteiger partial charge on any atom is 0.292 e. The summed E-state index contributed by atoms with van der Waals surface area (Å²) in [4.78, 5) is 23.4. The van der Waals surface area contributed by atoms with Crippen LogP contribution in [0.2, 0.25) is 0 Å². The number of benzene rings is 1. The van der Waals surface area contributed by atoms with E-state index >= 15 is 0 Å². The van der Waals surface area contributed by atoms with E-state index in [0.29, 0.717) is 6.54 Å². The minimum atomic E-state index is -0.549. The quantitative estimate of drug-likeness (QED) is 0.567. The molecule has 0 spiro atoms. The van der Waals surface area contributed by atoms with Crippen LogP contribution in [0.25, 0.3) is 0 Å². The van der Waals surface area contributed by atoms with Crippen molar-refractivity contribution < 1.29 is 14.8 Å². The van der Waals surface area contributed by atoms with Crippen molar-refractivity contribution in [2.75, 3.05) is 32.1 Å². The van der Waals surface area contributed by atoms with Gasteiger partial charge in [0.1, 0.15) is 5.69 Å². The highest BCUT2D eigenvalue weighted by atomic mass is 16.6. The van der Waals surface area contributed by atoms with Crippen LogP contribution < -0.4 is 5.32 Å². The SMILES string of the molecule is CN(CCO)CC(=O)Nc1ccccc1[N+](=O)[O-]. The Morgan fingerprint density at radius 2 is 2.17 bits per heavy atom. The predicted molar refractivity (Wildman–Crippen MR) is 66.3 cm³/mol. The normalized spacial score (nSPS) is 10.4. The molecule has 0 aliphatic heterocycles. The van der Waals surface area contributed by atoms with Crippen molar-refractivity contribution in [3.8, 4) is 0 Å². The minimum absolute atomic E-state index is 0.0464. The van der Waals surface area contributed by atoms with E-state index in [4.69, 9.17) is 5.11 Å². The van der Waals surface area contributed by atoms with E-state index in [-0.39, 0.29) is 30.4 Å². The molecule has 1 aromatic rings. The summed E-state index contributed by atoms with van der Waals surface area (Å²) in [6.45, 7) is 0.381. The molecule has 0 aromatic heterocycles. The highest BCUT2D eigenvalue weighted by molar-refractivity contribution is 5.94. The molecule has 0 saturated heterocycles. The van der Waals surface area contributed by atoms with Crippen molar-refractivity contribution in [3.05, 3.63) is 34.4 Å². The molecule has 0 unspecified atom stereocenters. The van der Waals surface area contributed by atoms with Gasteiger partial charge in [-0.3, -0.25) is 19.8 Å². The fourth-order valence-corrected chi connectivity index (χ4v) is 1.42. The molecule has 18 heavy (non-hydrogen) atoms. The maximum absolute atomic E-state index is 11.6. The molecule has 0 fully saturated rings.